The van der Waals surface area contributed by atoms with E-state index in [1.54, 1.807) is 23.1 Å². The molecule has 0 saturated heterocycles. The molecule has 2 nitrogen and oxygen atoms in total. The van der Waals surface area contributed by atoms with E-state index in [9.17, 15) is 4.79 Å². The van der Waals surface area contributed by atoms with Crippen LogP contribution in [0.15, 0.2) is 82.4 Å². The summed E-state index contributed by atoms with van der Waals surface area (Å²) in [5.41, 5.74) is 2.25. The zero-order chi connectivity index (χ0) is 16.8. The van der Waals surface area contributed by atoms with Gasteiger partial charge in [0.2, 0.25) is 5.91 Å². The van der Waals surface area contributed by atoms with Crippen molar-refractivity contribution >= 4 is 29.0 Å². The minimum absolute atomic E-state index is 0.0659. The lowest BCUT2D eigenvalue weighted by Crippen LogP contribution is -2.33. The molecule has 0 N–H and O–H groups in total. The first kappa shape index (κ1) is 16.8. The molecule has 2 aromatic carbocycles. The van der Waals surface area contributed by atoms with Gasteiger partial charge in [-0.1, -0.05) is 66.7 Å². The van der Waals surface area contributed by atoms with E-state index >= 15 is 0 Å². The maximum atomic E-state index is 12.7. The van der Waals surface area contributed by atoms with Gasteiger partial charge < -0.3 is 4.90 Å². The predicted molar refractivity (Wildman–Crippen MR) is 103 cm³/mol. The van der Waals surface area contributed by atoms with Gasteiger partial charge in [0.25, 0.3) is 0 Å². The van der Waals surface area contributed by atoms with Crippen molar-refractivity contribution < 1.29 is 4.79 Å². The van der Waals surface area contributed by atoms with Gasteiger partial charge in [-0.15, -0.1) is 23.1 Å². The fraction of sp³-hybridized carbons (Fsp3) is 0.150. The molecule has 0 fully saturated rings. The summed E-state index contributed by atoms with van der Waals surface area (Å²) in [4.78, 5) is 14.6. The molecule has 0 spiro atoms. The van der Waals surface area contributed by atoms with Gasteiger partial charge in [0, 0.05) is 7.05 Å². The van der Waals surface area contributed by atoms with E-state index in [0.717, 1.165) is 11.1 Å². The van der Waals surface area contributed by atoms with Gasteiger partial charge in [0.05, 0.1) is 16.0 Å². The van der Waals surface area contributed by atoms with Crippen LogP contribution < -0.4 is 0 Å². The van der Waals surface area contributed by atoms with Crippen molar-refractivity contribution in [2.24, 2.45) is 0 Å². The van der Waals surface area contributed by atoms with Crippen molar-refractivity contribution in [3.8, 4) is 0 Å². The second-order valence-electron chi connectivity index (χ2n) is 5.45. The van der Waals surface area contributed by atoms with Crippen molar-refractivity contribution in [2.75, 3.05) is 12.8 Å². The summed E-state index contributed by atoms with van der Waals surface area (Å²) in [6.07, 6.45) is 0. The van der Waals surface area contributed by atoms with Crippen molar-refractivity contribution in [1.29, 1.82) is 0 Å². The molecule has 24 heavy (non-hydrogen) atoms. The number of carbonyl (C=O) groups is 1. The maximum absolute atomic E-state index is 12.7. The Morgan fingerprint density at radius 3 is 2.04 bits per heavy atom. The molecular weight excluding hydrogens is 334 g/mol. The quantitative estimate of drug-likeness (QED) is 0.575. The van der Waals surface area contributed by atoms with Crippen molar-refractivity contribution in [1.82, 2.24) is 4.90 Å². The standard InChI is InChI=1S/C20H19NOS2/c1-21(18(22)15-24-19-13-8-14-23-19)20(16-9-4-2-5-10-16)17-11-6-3-7-12-17/h2-14,20H,15H2,1H3. The molecule has 1 amide bonds. The first-order chi connectivity index (χ1) is 11.8. The van der Waals surface area contributed by atoms with Crippen LogP contribution in [0.3, 0.4) is 0 Å². The fourth-order valence-corrected chi connectivity index (χ4v) is 4.34. The molecule has 4 heteroatoms. The van der Waals surface area contributed by atoms with Gasteiger partial charge in [0.15, 0.2) is 0 Å². The monoisotopic (exact) mass is 353 g/mol. The van der Waals surface area contributed by atoms with E-state index in [4.69, 9.17) is 0 Å². The Morgan fingerprint density at radius 1 is 0.958 bits per heavy atom. The Morgan fingerprint density at radius 2 is 1.54 bits per heavy atom. The number of carbonyl (C=O) groups excluding carboxylic acids is 1. The highest BCUT2D eigenvalue weighted by Gasteiger charge is 2.23. The molecule has 0 radical (unpaired) electrons. The molecule has 1 aromatic heterocycles. The molecular formula is C20H19NOS2. The lowest BCUT2D eigenvalue weighted by molar-refractivity contribution is -0.128. The number of amides is 1. The van der Waals surface area contributed by atoms with E-state index in [0.29, 0.717) is 5.75 Å². The molecule has 1 heterocycles. The Bertz CT molecular complexity index is 717. The summed E-state index contributed by atoms with van der Waals surface area (Å²) >= 11 is 3.27. The second kappa shape index (κ2) is 8.18. The van der Waals surface area contributed by atoms with Gasteiger partial charge >= 0.3 is 0 Å². The molecule has 122 valence electrons. The first-order valence-electron chi connectivity index (χ1n) is 7.77. The van der Waals surface area contributed by atoms with Crippen LogP contribution in [0.5, 0.6) is 0 Å². The summed E-state index contributed by atoms with van der Waals surface area (Å²) in [5.74, 6) is 0.582. The van der Waals surface area contributed by atoms with Gasteiger partial charge in [-0.3, -0.25) is 4.79 Å². The summed E-state index contributed by atoms with van der Waals surface area (Å²) in [7, 11) is 1.89. The smallest absolute Gasteiger partial charge is 0.233 e. The zero-order valence-corrected chi connectivity index (χ0v) is 15.1. The highest BCUT2D eigenvalue weighted by Crippen LogP contribution is 2.29. The van der Waals surface area contributed by atoms with E-state index in [1.807, 2.05) is 59.8 Å². The van der Waals surface area contributed by atoms with Crippen LogP contribution in [0.1, 0.15) is 17.2 Å². The van der Waals surface area contributed by atoms with Crippen LogP contribution in [0.2, 0.25) is 0 Å². The minimum atomic E-state index is -0.0659. The van der Waals surface area contributed by atoms with E-state index in [1.165, 1.54) is 4.21 Å². The van der Waals surface area contributed by atoms with E-state index in [2.05, 4.69) is 30.3 Å². The van der Waals surface area contributed by atoms with Gasteiger partial charge in [-0.05, 0) is 22.6 Å². The topological polar surface area (TPSA) is 20.3 Å². The van der Waals surface area contributed by atoms with E-state index < -0.39 is 0 Å². The van der Waals surface area contributed by atoms with Gasteiger partial charge in [0.1, 0.15) is 0 Å². The highest BCUT2D eigenvalue weighted by molar-refractivity contribution is 8.01. The fourth-order valence-electron chi connectivity index (χ4n) is 2.63. The van der Waals surface area contributed by atoms with Crippen LogP contribution in [0.4, 0.5) is 0 Å². The highest BCUT2D eigenvalue weighted by atomic mass is 32.2. The van der Waals surface area contributed by atoms with Crippen LogP contribution in [-0.4, -0.2) is 23.6 Å². The summed E-state index contributed by atoms with van der Waals surface area (Å²) < 4.78 is 1.17. The summed E-state index contributed by atoms with van der Waals surface area (Å²) in [6, 6.07) is 24.4. The van der Waals surface area contributed by atoms with E-state index in [-0.39, 0.29) is 11.9 Å². The summed E-state index contributed by atoms with van der Waals surface area (Å²) in [6.45, 7) is 0. The molecule has 0 bridgehead atoms. The number of rotatable bonds is 6. The Kier molecular flexibility index (Phi) is 5.72. The average molecular weight is 354 g/mol. The van der Waals surface area contributed by atoms with Crippen molar-refractivity contribution in [3.63, 3.8) is 0 Å². The first-order valence-corrected chi connectivity index (χ1v) is 9.64. The Hall–Kier alpha value is -2.04. The zero-order valence-electron chi connectivity index (χ0n) is 13.5. The number of thioether (sulfide) groups is 1. The normalized spacial score (nSPS) is 10.8. The molecule has 0 saturated carbocycles. The molecule has 0 aliphatic heterocycles. The molecule has 0 aliphatic carbocycles. The lowest BCUT2D eigenvalue weighted by atomic mass is 9.97. The maximum Gasteiger partial charge on any atom is 0.233 e. The second-order valence-corrected chi connectivity index (χ2v) is 7.67. The predicted octanol–water partition coefficient (Wildman–Crippen LogP) is 5.09. The van der Waals surface area contributed by atoms with Crippen LogP contribution in [0, 0.1) is 0 Å². The van der Waals surface area contributed by atoms with Crippen molar-refractivity contribution in [3.05, 3.63) is 89.3 Å². The van der Waals surface area contributed by atoms with Crippen LogP contribution in [0.25, 0.3) is 0 Å². The third-order valence-electron chi connectivity index (χ3n) is 3.84. The Balaban J connectivity index is 1.81. The third kappa shape index (κ3) is 4.08. The van der Waals surface area contributed by atoms with Crippen molar-refractivity contribution in [2.45, 2.75) is 10.3 Å². The molecule has 3 rings (SSSR count). The average Bonchev–Trinajstić information content (AvgIpc) is 3.15. The molecule has 0 atom stereocenters. The molecule has 0 unspecified atom stereocenters. The number of hydrogen-bond acceptors (Lipinski definition) is 3. The minimum Gasteiger partial charge on any atom is -0.334 e. The van der Waals surface area contributed by atoms with Gasteiger partial charge in [-0.25, -0.2) is 0 Å². The lowest BCUT2D eigenvalue weighted by Gasteiger charge is -2.29. The number of benzene rings is 2. The third-order valence-corrected chi connectivity index (χ3v) is 5.96. The molecule has 0 aliphatic rings. The number of thiophene rings is 1. The number of nitrogens with zero attached hydrogens (tertiary/aromatic N) is 1. The largest absolute Gasteiger partial charge is 0.334 e. The Labute approximate surface area is 151 Å². The number of hydrogen-bond donors (Lipinski definition) is 0. The van der Waals surface area contributed by atoms with Crippen LogP contribution >= 0.6 is 23.1 Å². The molecule has 3 aromatic rings. The van der Waals surface area contributed by atoms with Crippen LogP contribution in [-0.2, 0) is 4.79 Å². The van der Waals surface area contributed by atoms with Gasteiger partial charge in [-0.2, -0.15) is 0 Å². The SMILES string of the molecule is CN(C(=O)CSc1cccs1)C(c1ccccc1)c1ccccc1. The summed E-state index contributed by atoms with van der Waals surface area (Å²) in [5, 5.41) is 2.03.